The summed E-state index contributed by atoms with van der Waals surface area (Å²) in [6.07, 6.45) is 6.23. The molecule has 0 amide bonds. The lowest BCUT2D eigenvalue weighted by atomic mass is 10.1. The predicted octanol–water partition coefficient (Wildman–Crippen LogP) is 2.90. The van der Waals surface area contributed by atoms with Gasteiger partial charge in [-0.3, -0.25) is 0 Å². The number of aryl methyl sites for hydroxylation is 1. The molecule has 0 N–H and O–H groups in total. The fourth-order valence-corrected chi connectivity index (χ4v) is 1.89. The van der Waals surface area contributed by atoms with Gasteiger partial charge in [0.05, 0.1) is 0 Å². The van der Waals surface area contributed by atoms with Crippen molar-refractivity contribution in [2.75, 3.05) is 6.26 Å². The third-order valence-electron chi connectivity index (χ3n) is 2.40. The fraction of sp³-hybridized carbons (Fsp3) is 0.154. The van der Waals surface area contributed by atoms with Gasteiger partial charge >= 0.3 is 0 Å². The Morgan fingerprint density at radius 1 is 0.867 bits per heavy atom. The number of nitrogens with zero attached hydrogens (tertiary/aromatic N) is 1. The Morgan fingerprint density at radius 3 is 1.93 bits per heavy atom. The highest BCUT2D eigenvalue weighted by Crippen LogP contribution is 2.21. The highest BCUT2D eigenvalue weighted by Gasteiger charge is 1.99. The van der Waals surface area contributed by atoms with Crippen molar-refractivity contribution in [2.24, 2.45) is 7.05 Å². The zero-order chi connectivity index (χ0) is 10.7. The summed E-state index contributed by atoms with van der Waals surface area (Å²) < 4.78 is 2.04. The van der Waals surface area contributed by atoms with Crippen LogP contribution in [0.25, 0.3) is 11.1 Å². The minimum Gasteiger partial charge on any atom is -0.208 e. The summed E-state index contributed by atoms with van der Waals surface area (Å²) in [7, 11) is 2.03. The van der Waals surface area contributed by atoms with E-state index in [9.17, 15) is 0 Å². The molecule has 0 aliphatic heterocycles. The Labute approximate surface area is 94.8 Å². The zero-order valence-electron chi connectivity index (χ0n) is 8.97. The second-order valence-electron chi connectivity index (χ2n) is 3.48. The molecular formula is C13H14NS+. The molecule has 1 aromatic heterocycles. The van der Waals surface area contributed by atoms with Crippen LogP contribution in [0.4, 0.5) is 0 Å². The summed E-state index contributed by atoms with van der Waals surface area (Å²) in [5.74, 6) is 0. The van der Waals surface area contributed by atoms with Gasteiger partial charge in [0, 0.05) is 17.0 Å². The van der Waals surface area contributed by atoms with Crippen LogP contribution in [0.1, 0.15) is 0 Å². The molecule has 0 spiro atoms. The molecule has 0 aliphatic rings. The van der Waals surface area contributed by atoms with Crippen molar-refractivity contribution in [3.05, 3.63) is 48.8 Å². The molecule has 1 nitrogen and oxygen atoms in total. The second-order valence-corrected chi connectivity index (χ2v) is 4.36. The zero-order valence-corrected chi connectivity index (χ0v) is 9.79. The lowest BCUT2D eigenvalue weighted by Crippen LogP contribution is -2.25. The second kappa shape index (κ2) is 4.49. The lowest BCUT2D eigenvalue weighted by molar-refractivity contribution is -0.671. The molecule has 0 saturated heterocycles. The summed E-state index contributed by atoms with van der Waals surface area (Å²) >= 11 is 1.77. The first kappa shape index (κ1) is 10.2. The van der Waals surface area contributed by atoms with Crippen LogP contribution < -0.4 is 4.57 Å². The number of thioether (sulfide) groups is 1. The molecule has 2 rings (SSSR count). The van der Waals surface area contributed by atoms with E-state index < -0.39 is 0 Å². The molecule has 0 bridgehead atoms. The number of hydrogen-bond acceptors (Lipinski definition) is 1. The topological polar surface area (TPSA) is 3.88 Å². The Morgan fingerprint density at radius 2 is 1.40 bits per heavy atom. The van der Waals surface area contributed by atoms with Crippen LogP contribution in [0.2, 0.25) is 0 Å². The summed E-state index contributed by atoms with van der Waals surface area (Å²) in [5, 5.41) is 0. The third kappa shape index (κ3) is 2.39. The molecule has 0 radical (unpaired) electrons. The van der Waals surface area contributed by atoms with E-state index in [1.165, 1.54) is 16.0 Å². The van der Waals surface area contributed by atoms with Gasteiger partial charge < -0.3 is 0 Å². The normalized spacial score (nSPS) is 10.3. The highest BCUT2D eigenvalue weighted by atomic mass is 32.2. The van der Waals surface area contributed by atoms with Gasteiger partial charge in [0.1, 0.15) is 7.05 Å². The predicted molar refractivity (Wildman–Crippen MR) is 64.8 cm³/mol. The summed E-state index contributed by atoms with van der Waals surface area (Å²) in [6, 6.07) is 12.9. The molecule has 1 aromatic carbocycles. The lowest BCUT2D eigenvalue weighted by Gasteiger charge is -2.01. The van der Waals surface area contributed by atoms with Crippen molar-refractivity contribution in [1.82, 2.24) is 0 Å². The highest BCUT2D eigenvalue weighted by molar-refractivity contribution is 7.98. The number of hydrogen-bond donors (Lipinski definition) is 0. The molecule has 15 heavy (non-hydrogen) atoms. The maximum atomic E-state index is 2.17. The monoisotopic (exact) mass is 216 g/mol. The quantitative estimate of drug-likeness (QED) is 0.551. The SMILES string of the molecule is CSc1ccc(-c2cc[n+](C)cc2)cc1. The van der Waals surface area contributed by atoms with Crippen LogP contribution in [0.15, 0.2) is 53.7 Å². The standard InChI is InChI=1S/C13H14NS/c1-14-9-7-12(8-10-14)11-3-5-13(15-2)6-4-11/h3-10H,1-2H3/q+1. The average molecular weight is 216 g/mol. The molecule has 0 saturated carbocycles. The van der Waals surface area contributed by atoms with Crippen molar-refractivity contribution in [2.45, 2.75) is 4.90 Å². The van der Waals surface area contributed by atoms with E-state index in [0.29, 0.717) is 0 Å². The van der Waals surface area contributed by atoms with Crippen LogP contribution in [-0.2, 0) is 7.05 Å². The maximum absolute atomic E-state index is 2.17. The van der Waals surface area contributed by atoms with Gasteiger partial charge in [-0.15, -0.1) is 11.8 Å². The van der Waals surface area contributed by atoms with E-state index >= 15 is 0 Å². The first-order valence-corrected chi connectivity index (χ1v) is 6.12. The molecule has 2 aromatic rings. The van der Waals surface area contributed by atoms with Gasteiger partial charge in [-0.2, -0.15) is 0 Å². The van der Waals surface area contributed by atoms with E-state index in [0.717, 1.165) is 0 Å². The Kier molecular flexibility index (Phi) is 3.07. The molecule has 0 fully saturated rings. The number of pyridine rings is 1. The largest absolute Gasteiger partial charge is 0.208 e. The molecular weight excluding hydrogens is 202 g/mol. The molecule has 0 unspecified atom stereocenters. The minimum absolute atomic E-state index is 1.26. The van der Waals surface area contributed by atoms with Crippen LogP contribution in [-0.4, -0.2) is 6.26 Å². The molecule has 1 heterocycles. The van der Waals surface area contributed by atoms with Gasteiger partial charge in [0.25, 0.3) is 0 Å². The average Bonchev–Trinajstić information content (AvgIpc) is 2.30. The van der Waals surface area contributed by atoms with E-state index in [-0.39, 0.29) is 0 Å². The summed E-state index contributed by atoms with van der Waals surface area (Å²) in [6.45, 7) is 0. The molecule has 2 heteroatoms. The van der Waals surface area contributed by atoms with Gasteiger partial charge in [0.2, 0.25) is 0 Å². The number of benzene rings is 1. The van der Waals surface area contributed by atoms with Crippen molar-refractivity contribution in [3.63, 3.8) is 0 Å². The van der Waals surface area contributed by atoms with Crippen molar-refractivity contribution < 1.29 is 4.57 Å². The minimum atomic E-state index is 1.26. The fourth-order valence-electron chi connectivity index (χ4n) is 1.48. The van der Waals surface area contributed by atoms with Crippen molar-refractivity contribution in [1.29, 1.82) is 0 Å². The summed E-state index contributed by atoms with van der Waals surface area (Å²) in [4.78, 5) is 1.31. The van der Waals surface area contributed by atoms with E-state index in [4.69, 9.17) is 0 Å². The van der Waals surface area contributed by atoms with Gasteiger partial charge in [0.15, 0.2) is 12.4 Å². The molecule has 0 atom stereocenters. The number of rotatable bonds is 2. The maximum Gasteiger partial charge on any atom is 0.169 e. The van der Waals surface area contributed by atoms with Crippen LogP contribution in [0.3, 0.4) is 0 Å². The molecule has 76 valence electrons. The summed E-state index contributed by atoms with van der Waals surface area (Å²) in [5.41, 5.74) is 2.54. The van der Waals surface area contributed by atoms with E-state index in [1.54, 1.807) is 11.8 Å². The van der Waals surface area contributed by atoms with Gasteiger partial charge in [-0.05, 0) is 29.5 Å². The first-order valence-electron chi connectivity index (χ1n) is 4.89. The Hall–Kier alpha value is -1.28. The Balaban J connectivity index is 2.33. The number of aromatic nitrogens is 1. The van der Waals surface area contributed by atoms with Crippen LogP contribution in [0.5, 0.6) is 0 Å². The van der Waals surface area contributed by atoms with E-state index in [2.05, 4.69) is 55.0 Å². The smallest absolute Gasteiger partial charge is 0.169 e. The first-order chi connectivity index (χ1) is 7.29. The van der Waals surface area contributed by atoms with Gasteiger partial charge in [-0.25, -0.2) is 4.57 Å². The van der Waals surface area contributed by atoms with E-state index in [1.807, 2.05) is 11.6 Å². The van der Waals surface area contributed by atoms with Crippen molar-refractivity contribution >= 4 is 11.8 Å². The van der Waals surface area contributed by atoms with Crippen LogP contribution >= 0.6 is 11.8 Å². The molecule has 0 aliphatic carbocycles. The van der Waals surface area contributed by atoms with Gasteiger partial charge in [-0.1, -0.05) is 12.1 Å². The van der Waals surface area contributed by atoms with Crippen molar-refractivity contribution in [3.8, 4) is 11.1 Å². The third-order valence-corrected chi connectivity index (χ3v) is 3.15. The Bertz CT molecular complexity index is 431. The van der Waals surface area contributed by atoms with Crippen LogP contribution in [0, 0.1) is 0 Å².